The SMILES string of the molecule is CC(=O)c1ccc(OC(F)F)c(I)c1F. The van der Waals surface area contributed by atoms with Gasteiger partial charge < -0.3 is 4.74 Å². The predicted octanol–water partition coefficient (Wildman–Crippen LogP) is 3.23. The van der Waals surface area contributed by atoms with E-state index < -0.39 is 18.2 Å². The van der Waals surface area contributed by atoms with Crippen LogP contribution in [-0.4, -0.2) is 12.4 Å². The number of alkyl halides is 2. The van der Waals surface area contributed by atoms with E-state index in [1.807, 2.05) is 0 Å². The van der Waals surface area contributed by atoms with Crippen LogP contribution < -0.4 is 4.74 Å². The van der Waals surface area contributed by atoms with Crippen molar-refractivity contribution in [3.63, 3.8) is 0 Å². The Morgan fingerprint density at radius 1 is 1.47 bits per heavy atom. The van der Waals surface area contributed by atoms with Crippen molar-refractivity contribution in [1.82, 2.24) is 0 Å². The fourth-order valence-corrected chi connectivity index (χ4v) is 1.59. The molecule has 0 amide bonds. The van der Waals surface area contributed by atoms with Gasteiger partial charge in [0.1, 0.15) is 5.75 Å². The number of hydrogen-bond acceptors (Lipinski definition) is 2. The second kappa shape index (κ2) is 4.82. The topological polar surface area (TPSA) is 26.3 Å². The van der Waals surface area contributed by atoms with Gasteiger partial charge in [0, 0.05) is 0 Å². The van der Waals surface area contributed by atoms with Gasteiger partial charge in [-0.05, 0) is 41.6 Å². The molecule has 15 heavy (non-hydrogen) atoms. The maximum absolute atomic E-state index is 13.4. The van der Waals surface area contributed by atoms with Gasteiger partial charge in [0.2, 0.25) is 0 Å². The molecule has 0 aliphatic rings. The van der Waals surface area contributed by atoms with E-state index in [9.17, 15) is 18.0 Å². The summed E-state index contributed by atoms with van der Waals surface area (Å²) in [7, 11) is 0. The second-order valence-electron chi connectivity index (χ2n) is 2.67. The maximum atomic E-state index is 13.4. The number of halogens is 4. The van der Waals surface area contributed by atoms with Crippen molar-refractivity contribution < 1.29 is 22.7 Å². The molecule has 1 rings (SSSR count). The molecule has 0 fully saturated rings. The smallest absolute Gasteiger partial charge is 0.387 e. The Labute approximate surface area is 97.6 Å². The molecule has 0 saturated heterocycles. The van der Waals surface area contributed by atoms with Gasteiger partial charge in [-0.15, -0.1) is 0 Å². The fourth-order valence-electron chi connectivity index (χ4n) is 0.991. The highest BCUT2D eigenvalue weighted by molar-refractivity contribution is 14.1. The number of benzene rings is 1. The number of carbonyl (C=O) groups is 1. The summed E-state index contributed by atoms with van der Waals surface area (Å²) in [6, 6.07) is 2.27. The summed E-state index contributed by atoms with van der Waals surface area (Å²) in [6.07, 6.45) is 0. The standard InChI is InChI=1S/C9H6F3IO2/c1-4(14)5-2-3-6(15-9(11)12)8(13)7(5)10/h2-3,9H,1H3. The number of rotatable bonds is 3. The summed E-state index contributed by atoms with van der Waals surface area (Å²) in [5.41, 5.74) is -0.138. The first-order valence-electron chi connectivity index (χ1n) is 3.87. The average molecular weight is 330 g/mol. The average Bonchev–Trinajstić information content (AvgIpc) is 2.12. The minimum Gasteiger partial charge on any atom is -0.434 e. The minimum absolute atomic E-state index is 0.124. The molecule has 6 heteroatoms. The highest BCUT2D eigenvalue weighted by Gasteiger charge is 2.16. The van der Waals surface area contributed by atoms with Crippen LogP contribution in [-0.2, 0) is 0 Å². The number of Topliss-reactive ketones (excluding diaryl/α,β-unsaturated/α-hetero) is 1. The van der Waals surface area contributed by atoms with E-state index in [-0.39, 0.29) is 14.9 Å². The van der Waals surface area contributed by atoms with Crippen LogP contribution in [0.3, 0.4) is 0 Å². The van der Waals surface area contributed by atoms with E-state index in [0.717, 1.165) is 12.1 Å². The van der Waals surface area contributed by atoms with Crippen molar-refractivity contribution in [3.8, 4) is 5.75 Å². The Kier molecular flexibility index (Phi) is 3.95. The quantitative estimate of drug-likeness (QED) is 0.628. The third kappa shape index (κ3) is 2.83. The Hall–Kier alpha value is -0.790. The van der Waals surface area contributed by atoms with Crippen molar-refractivity contribution in [2.75, 3.05) is 0 Å². The summed E-state index contributed by atoms with van der Waals surface area (Å²) < 4.78 is 41.1. The largest absolute Gasteiger partial charge is 0.434 e. The van der Waals surface area contributed by atoms with E-state index in [0.29, 0.717) is 0 Å². The molecule has 0 aliphatic heterocycles. The van der Waals surface area contributed by atoms with Gasteiger partial charge in [-0.2, -0.15) is 8.78 Å². The van der Waals surface area contributed by atoms with Gasteiger partial charge in [-0.1, -0.05) is 0 Å². The molecule has 82 valence electrons. The van der Waals surface area contributed by atoms with Crippen LogP contribution in [0.4, 0.5) is 13.2 Å². The van der Waals surface area contributed by atoms with E-state index in [1.54, 1.807) is 0 Å². The van der Waals surface area contributed by atoms with Crippen LogP contribution in [0, 0.1) is 9.39 Å². The monoisotopic (exact) mass is 330 g/mol. The lowest BCUT2D eigenvalue weighted by Gasteiger charge is -2.08. The van der Waals surface area contributed by atoms with E-state index in [4.69, 9.17) is 0 Å². The van der Waals surface area contributed by atoms with Crippen LogP contribution in [0.25, 0.3) is 0 Å². The molecule has 0 bridgehead atoms. The molecule has 0 radical (unpaired) electrons. The third-order valence-electron chi connectivity index (χ3n) is 1.64. The summed E-state index contributed by atoms with van der Waals surface area (Å²) >= 11 is 1.51. The summed E-state index contributed by atoms with van der Waals surface area (Å²) in [6.45, 7) is -1.82. The van der Waals surface area contributed by atoms with Gasteiger partial charge in [0.25, 0.3) is 0 Å². The molecule has 0 N–H and O–H groups in total. The molecule has 0 unspecified atom stereocenters. The van der Waals surface area contributed by atoms with Gasteiger partial charge in [-0.3, -0.25) is 4.79 Å². The fraction of sp³-hybridized carbons (Fsp3) is 0.222. The molecular weight excluding hydrogens is 324 g/mol. The van der Waals surface area contributed by atoms with Gasteiger partial charge in [0.05, 0.1) is 9.13 Å². The lowest BCUT2D eigenvalue weighted by molar-refractivity contribution is -0.0506. The lowest BCUT2D eigenvalue weighted by Crippen LogP contribution is -2.06. The summed E-state index contributed by atoms with van der Waals surface area (Å²) in [4.78, 5) is 10.9. The van der Waals surface area contributed by atoms with Crippen LogP contribution in [0.15, 0.2) is 12.1 Å². The molecule has 0 heterocycles. The van der Waals surface area contributed by atoms with E-state index in [1.165, 1.54) is 29.5 Å². The Morgan fingerprint density at radius 3 is 2.53 bits per heavy atom. The van der Waals surface area contributed by atoms with Crippen molar-refractivity contribution >= 4 is 28.4 Å². The van der Waals surface area contributed by atoms with E-state index >= 15 is 0 Å². The first-order chi connectivity index (χ1) is 6.93. The zero-order valence-electron chi connectivity index (χ0n) is 7.56. The molecule has 0 aliphatic carbocycles. The molecule has 0 atom stereocenters. The highest BCUT2D eigenvalue weighted by Crippen LogP contribution is 2.27. The Bertz CT molecular complexity index is 393. The molecule has 0 spiro atoms. The van der Waals surface area contributed by atoms with Crippen LogP contribution >= 0.6 is 22.6 Å². The Morgan fingerprint density at radius 2 is 2.07 bits per heavy atom. The first kappa shape index (κ1) is 12.3. The highest BCUT2D eigenvalue weighted by atomic mass is 127. The number of ketones is 1. The molecule has 2 nitrogen and oxygen atoms in total. The Balaban J connectivity index is 3.15. The van der Waals surface area contributed by atoms with Crippen molar-refractivity contribution in [2.24, 2.45) is 0 Å². The number of ether oxygens (including phenoxy) is 1. The molecule has 1 aromatic rings. The van der Waals surface area contributed by atoms with Crippen molar-refractivity contribution in [3.05, 3.63) is 27.1 Å². The van der Waals surface area contributed by atoms with Crippen LogP contribution in [0.2, 0.25) is 0 Å². The number of hydrogen-bond donors (Lipinski definition) is 0. The summed E-state index contributed by atoms with van der Waals surface area (Å²) in [5, 5.41) is 0. The zero-order chi connectivity index (χ0) is 11.6. The maximum Gasteiger partial charge on any atom is 0.387 e. The van der Waals surface area contributed by atoms with Crippen molar-refractivity contribution in [1.29, 1.82) is 0 Å². The number of carbonyl (C=O) groups excluding carboxylic acids is 1. The molecule has 0 aromatic heterocycles. The first-order valence-corrected chi connectivity index (χ1v) is 4.95. The second-order valence-corrected chi connectivity index (χ2v) is 3.75. The van der Waals surface area contributed by atoms with Gasteiger partial charge in [0.15, 0.2) is 11.6 Å². The normalized spacial score (nSPS) is 10.5. The summed E-state index contributed by atoms with van der Waals surface area (Å²) in [5.74, 6) is -1.57. The lowest BCUT2D eigenvalue weighted by atomic mass is 10.1. The predicted molar refractivity (Wildman–Crippen MR) is 55.8 cm³/mol. The van der Waals surface area contributed by atoms with Gasteiger partial charge >= 0.3 is 6.61 Å². The molecule has 1 aromatic carbocycles. The molecule has 0 saturated carbocycles. The van der Waals surface area contributed by atoms with Crippen LogP contribution in [0.5, 0.6) is 5.75 Å². The van der Waals surface area contributed by atoms with Crippen LogP contribution in [0.1, 0.15) is 17.3 Å². The molecular formula is C9H6F3IO2. The van der Waals surface area contributed by atoms with Gasteiger partial charge in [-0.25, -0.2) is 4.39 Å². The third-order valence-corrected chi connectivity index (χ3v) is 2.65. The van der Waals surface area contributed by atoms with E-state index in [2.05, 4.69) is 4.74 Å². The minimum atomic E-state index is -3.01. The zero-order valence-corrected chi connectivity index (χ0v) is 9.72. The van der Waals surface area contributed by atoms with Crippen molar-refractivity contribution in [2.45, 2.75) is 13.5 Å².